The minimum absolute atomic E-state index is 0.0435. The molecule has 2 saturated carbocycles. The van der Waals surface area contributed by atoms with Gasteiger partial charge in [0.05, 0.1) is 5.92 Å². The molecule has 0 aliphatic heterocycles. The van der Waals surface area contributed by atoms with Gasteiger partial charge in [0.1, 0.15) is 12.4 Å². The Labute approximate surface area is 128 Å². The first-order chi connectivity index (χ1) is 10.2. The average molecular weight is 294 g/mol. The largest absolute Gasteiger partial charge is 0.462 e. The molecule has 21 heavy (non-hydrogen) atoms. The van der Waals surface area contributed by atoms with Crippen molar-refractivity contribution in [3.63, 3.8) is 0 Å². The Balaban J connectivity index is 1.79. The Morgan fingerprint density at radius 2 is 1.81 bits per heavy atom. The van der Waals surface area contributed by atoms with E-state index in [1.54, 1.807) is 0 Å². The average Bonchev–Trinajstić information content (AvgIpc) is 2.54. The maximum Gasteiger partial charge on any atom is 0.309 e. The summed E-state index contributed by atoms with van der Waals surface area (Å²) in [5.41, 5.74) is 0.294. The van der Waals surface area contributed by atoms with Crippen molar-refractivity contribution >= 4 is 12.3 Å². The summed E-state index contributed by atoms with van der Waals surface area (Å²) in [6.45, 7) is 2.21. The van der Waals surface area contributed by atoms with Crippen LogP contribution in [0, 0.1) is 11.3 Å². The van der Waals surface area contributed by atoms with Crippen molar-refractivity contribution in [2.45, 2.75) is 90.1 Å². The number of rotatable bonds is 6. The van der Waals surface area contributed by atoms with Crippen molar-refractivity contribution in [1.29, 1.82) is 0 Å². The molecule has 2 aliphatic carbocycles. The van der Waals surface area contributed by atoms with Gasteiger partial charge in [-0.1, -0.05) is 19.8 Å². The molecule has 0 spiro atoms. The lowest BCUT2D eigenvalue weighted by Crippen LogP contribution is -2.33. The van der Waals surface area contributed by atoms with Gasteiger partial charge in [0.25, 0.3) is 0 Å². The fourth-order valence-corrected chi connectivity index (χ4v) is 4.05. The second-order valence-corrected chi connectivity index (χ2v) is 7.03. The molecule has 2 fully saturated rings. The summed E-state index contributed by atoms with van der Waals surface area (Å²) in [5, 5.41) is 0. The second kappa shape index (κ2) is 7.95. The van der Waals surface area contributed by atoms with E-state index in [0.717, 1.165) is 57.7 Å². The summed E-state index contributed by atoms with van der Waals surface area (Å²) in [4.78, 5) is 22.9. The number of ether oxygens (including phenoxy) is 1. The summed E-state index contributed by atoms with van der Waals surface area (Å²) in [6, 6.07) is 0. The number of carbonyl (C=O) groups is 2. The minimum atomic E-state index is 0.0435. The molecule has 0 saturated heterocycles. The van der Waals surface area contributed by atoms with E-state index in [1.807, 2.05) is 0 Å². The van der Waals surface area contributed by atoms with E-state index in [1.165, 1.54) is 19.3 Å². The zero-order valence-electron chi connectivity index (χ0n) is 13.4. The van der Waals surface area contributed by atoms with Crippen LogP contribution < -0.4 is 0 Å². The van der Waals surface area contributed by atoms with Crippen LogP contribution in [0.3, 0.4) is 0 Å². The molecular formula is C18H30O3. The van der Waals surface area contributed by atoms with Gasteiger partial charge in [-0.15, -0.1) is 0 Å². The molecule has 0 amide bonds. The minimum Gasteiger partial charge on any atom is -0.462 e. The third-order valence-corrected chi connectivity index (χ3v) is 5.76. The first kappa shape index (κ1) is 16.5. The SMILES string of the molecule is CC[C@]1(CCC=O)CC[C@@H](C(=O)OC2CCCCC2)CC1. The monoisotopic (exact) mass is 294 g/mol. The van der Waals surface area contributed by atoms with E-state index in [0.29, 0.717) is 11.8 Å². The third kappa shape index (κ3) is 4.55. The molecule has 0 aromatic heterocycles. The van der Waals surface area contributed by atoms with Crippen molar-refractivity contribution in [2.75, 3.05) is 0 Å². The third-order valence-electron chi connectivity index (χ3n) is 5.76. The highest BCUT2D eigenvalue weighted by molar-refractivity contribution is 5.72. The predicted molar refractivity (Wildman–Crippen MR) is 82.9 cm³/mol. The molecule has 0 aromatic rings. The topological polar surface area (TPSA) is 43.4 Å². The highest BCUT2D eigenvalue weighted by atomic mass is 16.5. The van der Waals surface area contributed by atoms with Crippen LogP contribution in [0.4, 0.5) is 0 Å². The number of carbonyl (C=O) groups excluding carboxylic acids is 2. The van der Waals surface area contributed by atoms with Gasteiger partial charge in [0.15, 0.2) is 0 Å². The van der Waals surface area contributed by atoms with Crippen molar-refractivity contribution < 1.29 is 14.3 Å². The van der Waals surface area contributed by atoms with E-state index in [9.17, 15) is 9.59 Å². The summed E-state index contributed by atoms with van der Waals surface area (Å²) < 4.78 is 5.72. The smallest absolute Gasteiger partial charge is 0.309 e. The number of aldehydes is 1. The van der Waals surface area contributed by atoms with Gasteiger partial charge in [-0.25, -0.2) is 0 Å². The number of esters is 1. The van der Waals surface area contributed by atoms with Crippen LogP contribution >= 0.6 is 0 Å². The van der Waals surface area contributed by atoms with Gasteiger partial charge in [-0.3, -0.25) is 4.79 Å². The Hall–Kier alpha value is -0.860. The van der Waals surface area contributed by atoms with Crippen LogP contribution in [0.5, 0.6) is 0 Å². The summed E-state index contributed by atoms with van der Waals surface area (Å²) in [7, 11) is 0. The highest BCUT2D eigenvalue weighted by Crippen LogP contribution is 2.45. The van der Waals surface area contributed by atoms with E-state index in [4.69, 9.17) is 4.74 Å². The summed E-state index contributed by atoms with van der Waals surface area (Å²) in [6.07, 6.45) is 13.8. The zero-order chi connectivity index (χ0) is 15.1. The standard InChI is InChI=1S/C18H30O3/c1-2-18(11-6-14-19)12-9-15(10-13-18)17(20)21-16-7-4-3-5-8-16/h14-16H,2-13H2,1H3/t15-,18+. The molecule has 0 aromatic carbocycles. The molecule has 0 heterocycles. The number of hydrogen-bond donors (Lipinski definition) is 0. The van der Waals surface area contributed by atoms with Gasteiger partial charge in [0, 0.05) is 6.42 Å². The Morgan fingerprint density at radius 3 is 2.38 bits per heavy atom. The maximum atomic E-state index is 12.3. The van der Waals surface area contributed by atoms with Gasteiger partial charge in [0.2, 0.25) is 0 Å². The van der Waals surface area contributed by atoms with Crippen LogP contribution in [0.2, 0.25) is 0 Å². The van der Waals surface area contributed by atoms with Crippen LogP contribution in [-0.2, 0) is 14.3 Å². The van der Waals surface area contributed by atoms with E-state index in [-0.39, 0.29) is 18.0 Å². The first-order valence-electron chi connectivity index (χ1n) is 8.83. The van der Waals surface area contributed by atoms with Gasteiger partial charge < -0.3 is 9.53 Å². The molecule has 2 aliphatic rings. The molecule has 0 bridgehead atoms. The molecule has 0 unspecified atom stereocenters. The Bertz CT molecular complexity index is 336. The lowest BCUT2D eigenvalue weighted by Gasteiger charge is -2.39. The highest BCUT2D eigenvalue weighted by Gasteiger charge is 2.36. The molecule has 0 radical (unpaired) electrons. The van der Waals surface area contributed by atoms with Crippen LogP contribution in [0.25, 0.3) is 0 Å². The van der Waals surface area contributed by atoms with Crippen LogP contribution in [-0.4, -0.2) is 18.4 Å². The lowest BCUT2D eigenvalue weighted by atomic mass is 9.66. The van der Waals surface area contributed by atoms with Crippen molar-refractivity contribution in [2.24, 2.45) is 11.3 Å². The van der Waals surface area contributed by atoms with Crippen molar-refractivity contribution in [1.82, 2.24) is 0 Å². The van der Waals surface area contributed by atoms with Gasteiger partial charge >= 0.3 is 5.97 Å². The first-order valence-corrected chi connectivity index (χ1v) is 8.83. The van der Waals surface area contributed by atoms with Crippen molar-refractivity contribution in [3.05, 3.63) is 0 Å². The zero-order valence-corrected chi connectivity index (χ0v) is 13.4. The summed E-state index contributed by atoms with van der Waals surface area (Å²) >= 11 is 0. The van der Waals surface area contributed by atoms with Gasteiger partial charge in [-0.2, -0.15) is 0 Å². The molecular weight excluding hydrogens is 264 g/mol. The van der Waals surface area contributed by atoms with E-state index >= 15 is 0 Å². The Kier molecular flexibility index (Phi) is 6.25. The fraction of sp³-hybridized carbons (Fsp3) is 0.889. The molecule has 0 atom stereocenters. The normalized spacial score (nSPS) is 30.8. The predicted octanol–water partition coefficient (Wildman–Crippen LogP) is 4.43. The molecule has 120 valence electrons. The lowest BCUT2D eigenvalue weighted by molar-refractivity contribution is -0.157. The maximum absolute atomic E-state index is 12.3. The Morgan fingerprint density at radius 1 is 1.14 bits per heavy atom. The van der Waals surface area contributed by atoms with E-state index in [2.05, 4.69) is 6.92 Å². The molecule has 2 rings (SSSR count). The second-order valence-electron chi connectivity index (χ2n) is 7.03. The quantitative estimate of drug-likeness (QED) is 0.537. The van der Waals surface area contributed by atoms with Crippen LogP contribution in [0.1, 0.15) is 84.0 Å². The summed E-state index contributed by atoms with van der Waals surface area (Å²) in [5.74, 6) is 0.143. The van der Waals surface area contributed by atoms with E-state index < -0.39 is 0 Å². The fourth-order valence-electron chi connectivity index (χ4n) is 4.05. The van der Waals surface area contributed by atoms with Gasteiger partial charge in [-0.05, 0) is 63.2 Å². The van der Waals surface area contributed by atoms with Crippen molar-refractivity contribution in [3.8, 4) is 0 Å². The molecule has 3 nitrogen and oxygen atoms in total. The molecule has 0 N–H and O–H groups in total. The number of hydrogen-bond acceptors (Lipinski definition) is 3. The van der Waals surface area contributed by atoms with Crippen LogP contribution in [0.15, 0.2) is 0 Å². The molecule has 3 heteroatoms.